The summed E-state index contributed by atoms with van der Waals surface area (Å²) >= 11 is 0. The van der Waals surface area contributed by atoms with Gasteiger partial charge in [-0.15, -0.1) is 0 Å². The molecule has 1 aromatic heterocycles. The number of carbonyl (C=O) groups is 1. The second kappa shape index (κ2) is 11.0. The Labute approximate surface area is 201 Å². The SMILES string of the molecule is COC(=O)c1c(C)cccc1CO[C@@H]1CCC[C@H](OCc2nc(-c3cccc(C)c3)oc2C)C1. The van der Waals surface area contributed by atoms with Crippen molar-refractivity contribution in [2.75, 3.05) is 7.11 Å². The summed E-state index contributed by atoms with van der Waals surface area (Å²) in [5.74, 6) is 1.09. The van der Waals surface area contributed by atoms with Crippen LogP contribution in [0.3, 0.4) is 0 Å². The molecule has 6 heteroatoms. The van der Waals surface area contributed by atoms with E-state index in [1.165, 1.54) is 12.7 Å². The number of aryl methyl sites for hydroxylation is 3. The van der Waals surface area contributed by atoms with Gasteiger partial charge >= 0.3 is 5.97 Å². The number of rotatable bonds is 8. The number of esters is 1. The molecule has 0 N–H and O–H groups in total. The van der Waals surface area contributed by atoms with Gasteiger partial charge in [0.2, 0.25) is 5.89 Å². The Balaban J connectivity index is 1.33. The van der Waals surface area contributed by atoms with Crippen LogP contribution in [0, 0.1) is 20.8 Å². The van der Waals surface area contributed by atoms with Crippen LogP contribution < -0.4 is 0 Å². The van der Waals surface area contributed by atoms with Crippen LogP contribution in [0.25, 0.3) is 11.5 Å². The zero-order valence-corrected chi connectivity index (χ0v) is 20.4. The molecule has 0 aliphatic heterocycles. The van der Waals surface area contributed by atoms with Crippen molar-refractivity contribution in [3.8, 4) is 11.5 Å². The van der Waals surface area contributed by atoms with Crippen LogP contribution in [-0.2, 0) is 27.4 Å². The highest BCUT2D eigenvalue weighted by atomic mass is 16.5. The third-order valence-corrected chi connectivity index (χ3v) is 6.41. The summed E-state index contributed by atoms with van der Waals surface area (Å²) in [6.07, 6.45) is 4.04. The van der Waals surface area contributed by atoms with E-state index < -0.39 is 0 Å². The Hall–Kier alpha value is -2.96. The van der Waals surface area contributed by atoms with Gasteiger partial charge in [0.05, 0.1) is 38.1 Å². The van der Waals surface area contributed by atoms with Crippen molar-refractivity contribution < 1.29 is 23.4 Å². The second-order valence-electron chi connectivity index (χ2n) is 9.02. The molecule has 34 heavy (non-hydrogen) atoms. The number of aromatic nitrogens is 1. The van der Waals surface area contributed by atoms with E-state index in [2.05, 4.69) is 24.0 Å². The standard InChI is InChI=1S/C28H33NO5/c1-18-8-5-10-21(14-18)27-29-25(20(3)34-27)17-33-24-13-7-12-23(15-24)32-16-22-11-6-9-19(2)26(22)28(30)31-4/h5-6,8-11,14,23-24H,7,12-13,15-17H2,1-4H3/t23-,24+/m1/s1. The number of carbonyl (C=O) groups excluding carboxylic acids is 1. The Morgan fingerprint density at radius 1 is 1.03 bits per heavy atom. The topological polar surface area (TPSA) is 70.8 Å². The van der Waals surface area contributed by atoms with E-state index >= 15 is 0 Å². The number of benzene rings is 2. The van der Waals surface area contributed by atoms with Gasteiger partial charge in [-0.3, -0.25) is 0 Å². The number of hydrogen-bond donors (Lipinski definition) is 0. The molecular weight excluding hydrogens is 430 g/mol. The summed E-state index contributed by atoms with van der Waals surface area (Å²) in [5, 5.41) is 0. The van der Waals surface area contributed by atoms with Crippen molar-refractivity contribution in [3.63, 3.8) is 0 Å². The van der Waals surface area contributed by atoms with Crippen LogP contribution in [0.4, 0.5) is 0 Å². The molecule has 0 bridgehead atoms. The van der Waals surface area contributed by atoms with Crippen molar-refractivity contribution in [1.29, 1.82) is 0 Å². The number of oxazole rings is 1. The zero-order chi connectivity index (χ0) is 24.1. The van der Waals surface area contributed by atoms with Gasteiger partial charge in [0.25, 0.3) is 0 Å². The summed E-state index contributed by atoms with van der Waals surface area (Å²) in [4.78, 5) is 16.9. The first kappa shape index (κ1) is 24.2. The zero-order valence-electron chi connectivity index (χ0n) is 20.4. The number of methoxy groups -OCH3 is 1. The molecule has 0 unspecified atom stereocenters. The average molecular weight is 464 g/mol. The predicted molar refractivity (Wildman–Crippen MR) is 130 cm³/mol. The van der Waals surface area contributed by atoms with Gasteiger partial charge in [-0.05, 0) is 69.7 Å². The molecule has 0 spiro atoms. The van der Waals surface area contributed by atoms with Crippen molar-refractivity contribution in [3.05, 3.63) is 76.2 Å². The quantitative estimate of drug-likeness (QED) is 0.376. The number of nitrogens with zero attached hydrogens (tertiary/aromatic N) is 1. The lowest BCUT2D eigenvalue weighted by Gasteiger charge is -2.29. The minimum atomic E-state index is -0.324. The first-order valence-corrected chi connectivity index (χ1v) is 11.9. The third kappa shape index (κ3) is 5.75. The van der Waals surface area contributed by atoms with Crippen LogP contribution in [0.1, 0.15) is 64.2 Å². The molecule has 6 nitrogen and oxygen atoms in total. The smallest absolute Gasteiger partial charge is 0.338 e. The number of ether oxygens (including phenoxy) is 3. The summed E-state index contributed by atoms with van der Waals surface area (Å²) in [7, 11) is 1.41. The van der Waals surface area contributed by atoms with Crippen molar-refractivity contribution >= 4 is 5.97 Å². The van der Waals surface area contributed by atoms with Crippen molar-refractivity contribution in [1.82, 2.24) is 4.98 Å². The van der Waals surface area contributed by atoms with Crippen LogP contribution in [0.2, 0.25) is 0 Å². The first-order chi connectivity index (χ1) is 16.4. The first-order valence-electron chi connectivity index (χ1n) is 11.9. The molecule has 2 aromatic carbocycles. The third-order valence-electron chi connectivity index (χ3n) is 6.41. The molecule has 0 amide bonds. The normalized spacial score (nSPS) is 18.1. The van der Waals surface area contributed by atoms with Gasteiger partial charge in [-0.1, -0.05) is 35.9 Å². The highest BCUT2D eigenvalue weighted by molar-refractivity contribution is 5.92. The molecule has 4 rings (SSSR count). The fraction of sp³-hybridized carbons (Fsp3) is 0.429. The maximum Gasteiger partial charge on any atom is 0.338 e. The lowest BCUT2D eigenvalue weighted by molar-refractivity contribution is -0.0564. The molecular formula is C28H33NO5. The van der Waals surface area contributed by atoms with Gasteiger partial charge in [0.15, 0.2) is 0 Å². The largest absolute Gasteiger partial charge is 0.465 e. The van der Waals surface area contributed by atoms with Crippen molar-refractivity contribution in [2.24, 2.45) is 0 Å². The van der Waals surface area contributed by atoms with E-state index in [1.807, 2.05) is 44.2 Å². The van der Waals surface area contributed by atoms with Gasteiger partial charge < -0.3 is 18.6 Å². The van der Waals surface area contributed by atoms with Crippen molar-refractivity contribution in [2.45, 2.75) is 71.9 Å². The fourth-order valence-electron chi connectivity index (χ4n) is 4.52. The van der Waals surface area contributed by atoms with Crippen LogP contribution >= 0.6 is 0 Å². The fourth-order valence-corrected chi connectivity index (χ4v) is 4.52. The average Bonchev–Trinajstić information content (AvgIpc) is 3.22. The van der Waals surface area contributed by atoms with E-state index in [0.717, 1.165) is 53.8 Å². The molecule has 2 atom stereocenters. The lowest BCUT2D eigenvalue weighted by atomic mass is 9.94. The van der Waals surface area contributed by atoms with Gasteiger partial charge in [0.1, 0.15) is 11.5 Å². The number of hydrogen-bond acceptors (Lipinski definition) is 6. The lowest BCUT2D eigenvalue weighted by Crippen LogP contribution is -2.28. The molecule has 1 fully saturated rings. The molecule has 0 radical (unpaired) electrons. The van der Waals surface area contributed by atoms with Crippen LogP contribution in [0.15, 0.2) is 46.9 Å². The summed E-state index contributed by atoms with van der Waals surface area (Å²) < 4.78 is 23.3. The maximum absolute atomic E-state index is 12.2. The van der Waals surface area contributed by atoms with Gasteiger partial charge in [-0.2, -0.15) is 0 Å². The van der Waals surface area contributed by atoms with E-state index in [-0.39, 0.29) is 18.2 Å². The monoisotopic (exact) mass is 463 g/mol. The van der Waals surface area contributed by atoms with E-state index in [9.17, 15) is 4.79 Å². The van der Waals surface area contributed by atoms with Crippen LogP contribution in [-0.4, -0.2) is 30.3 Å². The molecule has 1 aliphatic rings. The molecule has 0 saturated heterocycles. The Bertz CT molecular complexity index is 1140. The highest BCUT2D eigenvalue weighted by Crippen LogP contribution is 2.28. The highest BCUT2D eigenvalue weighted by Gasteiger charge is 2.25. The molecule has 1 aliphatic carbocycles. The molecule has 1 saturated carbocycles. The molecule has 180 valence electrons. The molecule has 1 heterocycles. The van der Waals surface area contributed by atoms with Gasteiger partial charge in [-0.25, -0.2) is 9.78 Å². The summed E-state index contributed by atoms with van der Waals surface area (Å²) in [5.41, 5.74) is 5.33. The Morgan fingerprint density at radius 3 is 2.50 bits per heavy atom. The van der Waals surface area contributed by atoms with E-state index in [0.29, 0.717) is 24.7 Å². The summed E-state index contributed by atoms with van der Waals surface area (Å²) in [6.45, 7) is 6.70. The minimum Gasteiger partial charge on any atom is -0.465 e. The van der Waals surface area contributed by atoms with Crippen LogP contribution in [0.5, 0.6) is 0 Å². The van der Waals surface area contributed by atoms with E-state index in [1.54, 1.807) is 0 Å². The molecule has 3 aromatic rings. The second-order valence-corrected chi connectivity index (χ2v) is 9.02. The van der Waals surface area contributed by atoms with E-state index in [4.69, 9.17) is 18.6 Å². The minimum absolute atomic E-state index is 0.0889. The maximum atomic E-state index is 12.2. The Kier molecular flexibility index (Phi) is 7.80. The van der Waals surface area contributed by atoms with Gasteiger partial charge in [0, 0.05) is 5.56 Å². The Morgan fingerprint density at radius 2 is 1.76 bits per heavy atom. The predicted octanol–water partition coefficient (Wildman–Crippen LogP) is 6.10. The summed E-state index contributed by atoms with van der Waals surface area (Å²) in [6, 6.07) is 13.9.